The van der Waals surface area contributed by atoms with Gasteiger partial charge in [-0.2, -0.15) is 0 Å². The third kappa shape index (κ3) is 5.20. The van der Waals surface area contributed by atoms with Crippen molar-refractivity contribution in [1.82, 2.24) is 4.98 Å². The molecule has 0 amide bonds. The number of aryl methyl sites for hydroxylation is 2. The van der Waals surface area contributed by atoms with E-state index < -0.39 is 0 Å². The van der Waals surface area contributed by atoms with Gasteiger partial charge in [0.25, 0.3) is 0 Å². The summed E-state index contributed by atoms with van der Waals surface area (Å²) in [6.07, 6.45) is 16.4. The Morgan fingerprint density at radius 2 is 0.944 bits per heavy atom. The second-order valence-electron chi connectivity index (χ2n) is 5.66. The molecule has 1 aliphatic rings. The minimum atomic E-state index is 1.17. The van der Waals surface area contributed by atoms with Gasteiger partial charge in [0.15, 0.2) is 0 Å². The van der Waals surface area contributed by atoms with Crippen LogP contribution in [0.2, 0.25) is 0 Å². The van der Waals surface area contributed by atoms with E-state index in [1.807, 2.05) is 0 Å². The predicted molar refractivity (Wildman–Crippen MR) is 77.8 cm³/mol. The van der Waals surface area contributed by atoms with E-state index in [4.69, 9.17) is 4.98 Å². The lowest BCUT2D eigenvalue weighted by atomic mass is 10.1. The number of pyridine rings is 1. The summed E-state index contributed by atoms with van der Waals surface area (Å²) in [4.78, 5) is 4.78. The van der Waals surface area contributed by atoms with E-state index in [2.05, 4.69) is 18.2 Å². The van der Waals surface area contributed by atoms with Gasteiger partial charge in [0.05, 0.1) is 0 Å². The van der Waals surface area contributed by atoms with E-state index in [9.17, 15) is 0 Å². The van der Waals surface area contributed by atoms with Crippen LogP contribution in [0.15, 0.2) is 18.2 Å². The van der Waals surface area contributed by atoms with Crippen LogP contribution in [0.1, 0.15) is 75.6 Å². The van der Waals surface area contributed by atoms with E-state index in [1.165, 1.54) is 88.4 Å². The maximum Gasteiger partial charge on any atom is 0.0406 e. The number of rotatable bonds is 0. The largest absolute Gasteiger partial charge is 0.258 e. The quantitative estimate of drug-likeness (QED) is 0.621. The summed E-state index contributed by atoms with van der Waals surface area (Å²) >= 11 is 0. The molecule has 2 bridgehead atoms. The number of nitrogens with zero attached hydrogens (tertiary/aromatic N) is 1. The SMILES string of the molecule is c1cc2nc(c1)CCCCCCCCCCCC2. The van der Waals surface area contributed by atoms with E-state index in [1.54, 1.807) is 0 Å². The molecule has 0 aliphatic carbocycles. The van der Waals surface area contributed by atoms with Crippen LogP contribution in [0.25, 0.3) is 0 Å². The van der Waals surface area contributed by atoms with Gasteiger partial charge in [-0.25, -0.2) is 0 Å². The Bertz CT molecular complexity index is 303. The lowest BCUT2D eigenvalue weighted by molar-refractivity contribution is 0.553. The van der Waals surface area contributed by atoms with Gasteiger partial charge >= 0.3 is 0 Å². The number of fused-ring (bicyclic) bond motifs is 2. The molecule has 1 aliphatic heterocycles. The molecule has 1 heteroatoms. The average Bonchev–Trinajstić information content (AvgIpc) is 2.40. The maximum atomic E-state index is 4.78. The van der Waals surface area contributed by atoms with E-state index in [0.717, 1.165) is 0 Å². The van der Waals surface area contributed by atoms with Crippen molar-refractivity contribution < 1.29 is 0 Å². The molecule has 0 spiro atoms. The standard InChI is InChI=1S/C17H27N/c1-2-4-6-8-10-13-17-15-11-14-16(18-17)12-9-7-5-3-1/h11,14-15H,1-10,12-13H2. The Labute approximate surface area is 112 Å². The Kier molecular flexibility index (Phi) is 6.25. The zero-order valence-electron chi connectivity index (χ0n) is 11.7. The molecule has 1 nitrogen and oxygen atoms in total. The van der Waals surface area contributed by atoms with Crippen LogP contribution in [0.3, 0.4) is 0 Å². The maximum absolute atomic E-state index is 4.78. The highest BCUT2D eigenvalue weighted by molar-refractivity contribution is 5.11. The molecule has 100 valence electrons. The highest BCUT2D eigenvalue weighted by atomic mass is 14.7. The smallest absolute Gasteiger partial charge is 0.0406 e. The molecule has 18 heavy (non-hydrogen) atoms. The molecule has 0 radical (unpaired) electrons. The zero-order valence-corrected chi connectivity index (χ0v) is 11.7. The van der Waals surface area contributed by atoms with E-state index in [0.29, 0.717) is 0 Å². The zero-order chi connectivity index (χ0) is 12.5. The van der Waals surface area contributed by atoms with Crippen LogP contribution in [0, 0.1) is 0 Å². The highest BCUT2D eigenvalue weighted by Gasteiger charge is 2.00. The fraction of sp³-hybridized carbons (Fsp3) is 0.706. The van der Waals surface area contributed by atoms with Crippen molar-refractivity contribution in [3.05, 3.63) is 29.6 Å². The predicted octanol–water partition coefficient (Wildman–Crippen LogP) is 5.08. The monoisotopic (exact) mass is 245 g/mol. The summed E-state index contributed by atoms with van der Waals surface area (Å²) in [5.74, 6) is 0. The summed E-state index contributed by atoms with van der Waals surface area (Å²) in [6, 6.07) is 6.58. The fourth-order valence-electron chi connectivity index (χ4n) is 2.83. The first-order valence-corrected chi connectivity index (χ1v) is 7.90. The Hall–Kier alpha value is -0.850. The van der Waals surface area contributed by atoms with Crippen LogP contribution in [0.4, 0.5) is 0 Å². The minimum Gasteiger partial charge on any atom is -0.258 e. The third-order valence-corrected chi connectivity index (χ3v) is 3.98. The molecule has 0 unspecified atom stereocenters. The van der Waals surface area contributed by atoms with E-state index >= 15 is 0 Å². The van der Waals surface area contributed by atoms with Gasteiger partial charge in [0.2, 0.25) is 0 Å². The van der Waals surface area contributed by atoms with Crippen LogP contribution < -0.4 is 0 Å². The molecule has 0 atom stereocenters. The van der Waals surface area contributed by atoms with E-state index in [-0.39, 0.29) is 0 Å². The molecule has 2 heterocycles. The van der Waals surface area contributed by atoms with Gasteiger partial charge < -0.3 is 0 Å². The van der Waals surface area contributed by atoms with Crippen molar-refractivity contribution in [2.75, 3.05) is 0 Å². The summed E-state index contributed by atoms with van der Waals surface area (Å²) in [5, 5.41) is 0. The van der Waals surface area contributed by atoms with Crippen LogP contribution in [-0.4, -0.2) is 4.98 Å². The Morgan fingerprint density at radius 1 is 0.556 bits per heavy atom. The molecular weight excluding hydrogens is 218 g/mol. The fourth-order valence-corrected chi connectivity index (χ4v) is 2.83. The van der Waals surface area contributed by atoms with Gasteiger partial charge in [-0.3, -0.25) is 4.98 Å². The Morgan fingerprint density at radius 3 is 1.39 bits per heavy atom. The first kappa shape index (κ1) is 13.6. The van der Waals surface area contributed by atoms with Crippen molar-refractivity contribution >= 4 is 0 Å². The number of aromatic nitrogens is 1. The molecule has 0 N–H and O–H groups in total. The summed E-state index contributed by atoms with van der Waals surface area (Å²) in [7, 11) is 0. The highest BCUT2D eigenvalue weighted by Crippen LogP contribution is 2.14. The second kappa shape index (κ2) is 8.29. The first-order valence-electron chi connectivity index (χ1n) is 7.90. The number of hydrogen-bond acceptors (Lipinski definition) is 1. The van der Waals surface area contributed by atoms with Gasteiger partial charge in [-0.15, -0.1) is 0 Å². The van der Waals surface area contributed by atoms with Crippen molar-refractivity contribution in [2.24, 2.45) is 0 Å². The first-order chi connectivity index (χ1) is 8.95. The van der Waals surface area contributed by atoms with Gasteiger partial charge in [-0.1, -0.05) is 57.4 Å². The lowest BCUT2D eigenvalue weighted by Crippen LogP contribution is -1.96. The van der Waals surface area contributed by atoms with Gasteiger partial charge in [0.1, 0.15) is 0 Å². The topological polar surface area (TPSA) is 12.9 Å². The average molecular weight is 245 g/mol. The minimum absolute atomic E-state index is 1.17. The summed E-state index contributed by atoms with van der Waals surface area (Å²) in [5.41, 5.74) is 2.62. The van der Waals surface area contributed by atoms with Crippen LogP contribution in [0.5, 0.6) is 0 Å². The normalized spacial score (nSPS) is 19.8. The van der Waals surface area contributed by atoms with Crippen molar-refractivity contribution in [3.63, 3.8) is 0 Å². The van der Waals surface area contributed by atoms with Crippen molar-refractivity contribution in [3.8, 4) is 0 Å². The summed E-state index contributed by atoms with van der Waals surface area (Å²) < 4.78 is 0. The van der Waals surface area contributed by atoms with Crippen molar-refractivity contribution in [1.29, 1.82) is 0 Å². The lowest BCUT2D eigenvalue weighted by Gasteiger charge is -2.04. The molecule has 0 aromatic carbocycles. The number of hydrogen-bond donors (Lipinski definition) is 0. The molecule has 2 rings (SSSR count). The molecule has 0 saturated carbocycles. The molecule has 0 saturated heterocycles. The molecule has 1 aromatic heterocycles. The van der Waals surface area contributed by atoms with Crippen LogP contribution in [-0.2, 0) is 12.8 Å². The Balaban J connectivity index is 1.87. The van der Waals surface area contributed by atoms with Gasteiger partial charge in [-0.05, 0) is 37.8 Å². The molecule has 1 aromatic rings. The summed E-state index contributed by atoms with van der Waals surface area (Å²) in [6.45, 7) is 0. The third-order valence-electron chi connectivity index (χ3n) is 3.98. The van der Waals surface area contributed by atoms with Crippen molar-refractivity contribution in [2.45, 2.75) is 77.0 Å². The molecule has 0 fully saturated rings. The molecular formula is C17H27N. The van der Waals surface area contributed by atoms with Gasteiger partial charge in [0, 0.05) is 11.4 Å². The second-order valence-corrected chi connectivity index (χ2v) is 5.66. The van der Waals surface area contributed by atoms with Crippen LogP contribution >= 0.6 is 0 Å².